The minimum absolute atomic E-state index is 0.0586. The smallest absolute Gasteiger partial charge is 0.241 e. The molecule has 2 rings (SSSR count). The third-order valence-corrected chi connectivity index (χ3v) is 4.04. The lowest BCUT2D eigenvalue weighted by atomic mass is 9.90. The Morgan fingerprint density at radius 1 is 1.45 bits per heavy atom. The number of benzene rings is 1. The molecule has 2 atom stereocenters. The second kappa shape index (κ2) is 6.75. The van der Waals surface area contributed by atoms with Gasteiger partial charge >= 0.3 is 0 Å². The maximum atomic E-state index is 12.3. The van der Waals surface area contributed by atoms with Crippen molar-refractivity contribution in [1.82, 2.24) is 5.32 Å². The summed E-state index contributed by atoms with van der Waals surface area (Å²) in [5, 5.41) is 6.34. The molecule has 4 nitrogen and oxygen atoms in total. The third kappa shape index (κ3) is 3.73. The summed E-state index contributed by atoms with van der Waals surface area (Å²) < 4.78 is 0. The first-order valence-electron chi connectivity index (χ1n) is 7.41. The standard InChI is InChI=1S/C16H25N3O/c1-4-12-8-9-17-15(10-12)16(20)18-13-6-5-7-14(11-13)19(2)3/h5-7,11-12,15,17H,4,8-10H2,1-3H3,(H,18,20). The highest BCUT2D eigenvalue weighted by molar-refractivity contribution is 5.95. The van der Waals surface area contributed by atoms with E-state index in [1.54, 1.807) is 0 Å². The van der Waals surface area contributed by atoms with Crippen LogP contribution in [0, 0.1) is 5.92 Å². The summed E-state index contributed by atoms with van der Waals surface area (Å²) >= 11 is 0. The van der Waals surface area contributed by atoms with E-state index in [4.69, 9.17) is 0 Å². The van der Waals surface area contributed by atoms with Gasteiger partial charge in [-0.25, -0.2) is 0 Å². The summed E-state index contributed by atoms with van der Waals surface area (Å²) in [6, 6.07) is 7.87. The summed E-state index contributed by atoms with van der Waals surface area (Å²) in [7, 11) is 3.99. The number of amides is 1. The minimum atomic E-state index is -0.0586. The number of carbonyl (C=O) groups is 1. The quantitative estimate of drug-likeness (QED) is 0.887. The van der Waals surface area contributed by atoms with E-state index < -0.39 is 0 Å². The monoisotopic (exact) mass is 275 g/mol. The van der Waals surface area contributed by atoms with Crippen molar-refractivity contribution in [2.45, 2.75) is 32.2 Å². The molecule has 4 heteroatoms. The molecule has 0 aliphatic carbocycles. The average molecular weight is 275 g/mol. The molecule has 0 spiro atoms. The van der Waals surface area contributed by atoms with Crippen molar-refractivity contribution in [2.75, 3.05) is 30.9 Å². The molecule has 0 radical (unpaired) electrons. The molecular weight excluding hydrogens is 250 g/mol. The zero-order valence-corrected chi connectivity index (χ0v) is 12.6. The molecule has 20 heavy (non-hydrogen) atoms. The summed E-state index contributed by atoms with van der Waals surface area (Å²) in [5.41, 5.74) is 1.95. The number of nitrogens with zero attached hydrogens (tertiary/aromatic N) is 1. The van der Waals surface area contributed by atoms with Crippen LogP contribution in [0.3, 0.4) is 0 Å². The molecule has 1 aliphatic rings. The molecule has 1 aromatic carbocycles. The van der Waals surface area contributed by atoms with Crippen molar-refractivity contribution in [3.05, 3.63) is 24.3 Å². The second-order valence-corrected chi connectivity index (χ2v) is 5.74. The zero-order chi connectivity index (χ0) is 14.5. The molecule has 2 N–H and O–H groups in total. The normalized spacial score (nSPS) is 22.4. The zero-order valence-electron chi connectivity index (χ0n) is 12.6. The summed E-state index contributed by atoms with van der Waals surface area (Å²) in [6.07, 6.45) is 3.27. The predicted molar refractivity (Wildman–Crippen MR) is 84.2 cm³/mol. The maximum absolute atomic E-state index is 12.3. The van der Waals surface area contributed by atoms with Gasteiger partial charge in [-0.3, -0.25) is 4.79 Å². The van der Waals surface area contributed by atoms with Gasteiger partial charge in [0, 0.05) is 25.5 Å². The molecule has 0 bridgehead atoms. The van der Waals surface area contributed by atoms with Crippen LogP contribution in [0.5, 0.6) is 0 Å². The van der Waals surface area contributed by atoms with Crippen LogP contribution < -0.4 is 15.5 Å². The van der Waals surface area contributed by atoms with Crippen molar-refractivity contribution in [3.8, 4) is 0 Å². The van der Waals surface area contributed by atoms with Crippen LogP contribution in [-0.2, 0) is 4.79 Å². The largest absolute Gasteiger partial charge is 0.378 e. The summed E-state index contributed by atoms with van der Waals surface area (Å²) in [4.78, 5) is 14.4. The first-order chi connectivity index (χ1) is 9.60. The van der Waals surface area contributed by atoms with E-state index in [0.29, 0.717) is 5.92 Å². The lowest BCUT2D eigenvalue weighted by Crippen LogP contribution is -2.46. The number of anilines is 2. The Morgan fingerprint density at radius 2 is 2.25 bits per heavy atom. The van der Waals surface area contributed by atoms with Gasteiger partial charge in [0.1, 0.15) is 0 Å². The fraction of sp³-hybridized carbons (Fsp3) is 0.562. The molecule has 1 saturated heterocycles. The van der Waals surface area contributed by atoms with Gasteiger partial charge in [0.15, 0.2) is 0 Å². The summed E-state index contributed by atoms with van der Waals surface area (Å²) in [6.45, 7) is 3.14. The van der Waals surface area contributed by atoms with Crippen LogP contribution in [0.1, 0.15) is 26.2 Å². The Kier molecular flexibility index (Phi) is 5.01. The average Bonchev–Trinajstić information content (AvgIpc) is 2.47. The number of nitrogens with one attached hydrogen (secondary N) is 2. The van der Waals surface area contributed by atoms with E-state index in [2.05, 4.69) is 17.6 Å². The molecular formula is C16H25N3O. The van der Waals surface area contributed by atoms with E-state index in [1.165, 1.54) is 6.42 Å². The first kappa shape index (κ1) is 14.9. The van der Waals surface area contributed by atoms with Gasteiger partial charge < -0.3 is 15.5 Å². The van der Waals surface area contributed by atoms with Crippen LogP contribution in [-0.4, -0.2) is 32.6 Å². The summed E-state index contributed by atoms with van der Waals surface area (Å²) in [5.74, 6) is 0.749. The lowest BCUT2D eigenvalue weighted by molar-refractivity contribution is -0.119. The first-order valence-corrected chi connectivity index (χ1v) is 7.41. The van der Waals surface area contributed by atoms with E-state index in [1.807, 2.05) is 43.3 Å². The third-order valence-electron chi connectivity index (χ3n) is 4.04. The number of rotatable bonds is 4. The molecule has 2 unspecified atom stereocenters. The van der Waals surface area contributed by atoms with E-state index in [-0.39, 0.29) is 11.9 Å². The highest BCUT2D eigenvalue weighted by atomic mass is 16.2. The van der Waals surface area contributed by atoms with Crippen molar-refractivity contribution in [2.24, 2.45) is 5.92 Å². The Morgan fingerprint density at radius 3 is 2.95 bits per heavy atom. The van der Waals surface area contributed by atoms with Crippen LogP contribution in [0.15, 0.2) is 24.3 Å². The number of hydrogen-bond acceptors (Lipinski definition) is 3. The van der Waals surface area contributed by atoms with Crippen molar-refractivity contribution >= 4 is 17.3 Å². The number of carbonyl (C=O) groups excluding carboxylic acids is 1. The van der Waals surface area contributed by atoms with Gasteiger partial charge in [0.05, 0.1) is 6.04 Å². The fourth-order valence-corrected chi connectivity index (χ4v) is 2.66. The topological polar surface area (TPSA) is 44.4 Å². The fourth-order valence-electron chi connectivity index (χ4n) is 2.66. The molecule has 1 aromatic rings. The number of piperidine rings is 1. The second-order valence-electron chi connectivity index (χ2n) is 5.74. The van der Waals surface area contributed by atoms with Gasteiger partial charge in [-0.15, -0.1) is 0 Å². The Hall–Kier alpha value is -1.55. The van der Waals surface area contributed by atoms with Crippen LogP contribution in [0.2, 0.25) is 0 Å². The van der Waals surface area contributed by atoms with Crippen LogP contribution in [0.25, 0.3) is 0 Å². The Balaban J connectivity index is 1.98. The Bertz CT molecular complexity index is 459. The van der Waals surface area contributed by atoms with E-state index >= 15 is 0 Å². The molecule has 0 saturated carbocycles. The van der Waals surface area contributed by atoms with Gasteiger partial charge in [-0.05, 0) is 43.5 Å². The van der Waals surface area contributed by atoms with Gasteiger partial charge in [-0.1, -0.05) is 19.4 Å². The molecule has 1 aliphatic heterocycles. The Labute approximate surface area is 121 Å². The highest BCUT2D eigenvalue weighted by Gasteiger charge is 2.25. The molecule has 0 aromatic heterocycles. The van der Waals surface area contributed by atoms with E-state index in [9.17, 15) is 4.79 Å². The molecule has 1 amide bonds. The van der Waals surface area contributed by atoms with E-state index in [0.717, 1.165) is 30.8 Å². The lowest BCUT2D eigenvalue weighted by Gasteiger charge is -2.28. The van der Waals surface area contributed by atoms with Crippen LogP contribution in [0.4, 0.5) is 11.4 Å². The molecule has 1 fully saturated rings. The molecule has 110 valence electrons. The minimum Gasteiger partial charge on any atom is -0.378 e. The van der Waals surface area contributed by atoms with Crippen molar-refractivity contribution < 1.29 is 4.79 Å². The van der Waals surface area contributed by atoms with Gasteiger partial charge in [0.2, 0.25) is 5.91 Å². The number of hydrogen-bond donors (Lipinski definition) is 2. The maximum Gasteiger partial charge on any atom is 0.241 e. The highest BCUT2D eigenvalue weighted by Crippen LogP contribution is 2.21. The predicted octanol–water partition coefficient (Wildman–Crippen LogP) is 2.47. The molecule has 1 heterocycles. The van der Waals surface area contributed by atoms with Crippen molar-refractivity contribution in [1.29, 1.82) is 0 Å². The van der Waals surface area contributed by atoms with Gasteiger partial charge in [-0.2, -0.15) is 0 Å². The SMILES string of the molecule is CCC1CCNC(C(=O)Nc2cccc(N(C)C)c2)C1. The van der Waals surface area contributed by atoms with Crippen molar-refractivity contribution in [3.63, 3.8) is 0 Å². The van der Waals surface area contributed by atoms with Crippen LogP contribution >= 0.6 is 0 Å². The van der Waals surface area contributed by atoms with Gasteiger partial charge in [0.25, 0.3) is 0 Å².